The number of hydrogen-bond acceptors (Lipinski definition) is 8. The van der Waals surface area contributed by atoms with E-state index in [1.165, 1.54) is 14.2 Å². The van der Waals surface area contributed by atoms with E-state index in [9.17, 15) is 9.59 Å². The molecule has 3 heterocycles. The van der Waals surface area contributed by atoms with Crippen LogP contribution in [0.2, 0.25) is 0 Å². The molecule has 0 saturated heterocycles. The Morgan fingerprint density at radius 3 is 1.79 bits per heavy atom. The average molecular weight is 526 g/mol. The summed E-state index contributed by atoms with van der Waals surface area (Å²) in [5.74, 6) is 2.44. The van der Waals surface area contributed by atoms with Crippen LogP contribution < -0.4 is 30.2 Å². The van der Waals surface area contributed by atoms with Crippen molar-refractivity contribution in [3.8, 4) is 45.4 Å². The molecule has 0 radical (unpaired) electrons. The zero-order chi connectivity index (χ0) is 27.3. The Morgan fingerprint density at radius 2 is 1.21 bits per heavy atom. The minimum Gasteiger partial charge on any atom is -0.497 e. The first-order valence-electron chi connectivity index (χ1n) is 12.0. The summed E-state index contributed by atoms with van der Waals surface area (Å²) in [6.45, 7) is 0. The molecule has 0 aliphatic rings. The smallest absolute Gasteiger partial charge is 0.361 e. The van der Waals surface area contributed by atoms with E-state index in [1.54, 1.807) is 73.3 Å². The van der Waals surface area contributed by atoms with Gasteiger partial charge in [0, 0.05) is 28.0 Å². The largest absolute Gasteiger partial charge is 0.497 e. The monoisotopic (exact) mass is 525 g/mol. The Hall–Kier alpha value is -5.18. The first kappa shape index (κ1) is 24.2. The van der Waals surface area contributed by atoms with Crippen molar-refractivity contribution in [3.05, 3.63) is 87.7 Å². The van der Waals surface area contributed by atoms with Crippen molar-refractivity contribution in [2.45, 2.75) is 0 Å². The molecule has 3 aromatic heterocycles. The van der Waals surface area contributed by atoms with Crippen LogP contribution in [0.5, 0.6) is 23.0 Å². The fourth-order valence-electron chi connectivity index (χ4n) is 4.89. The van der Waals surface area contributed by atoms with Crippen molar-refractivity contribution < 1.29 is 27.8 Å². The molecule has 0 spiro atoms. The summed E-state index contributed by atoms with van der Waals surface area (Å²) in [5.41, 5.74) is 1.29. The predicted molar refractivity (Wildman–Crippen MR) is 147 cm³/mol. The maximum Gasteiger partial charge on any atom is 0.361 e. The summed E-state index contributed by atoms with van der Waals surface area (Å²) >= 11 is 0. The molecule has 9 nitrogen and oxygen atoms in total. The zero-order valence-electron chi connectivity index (χ0n) is 21.6. The molecule has 0 fully saturated rings. The van der Waals surface area contributed by atoms with Gasteiger partial charge in [-0.2, -0.15) is 0 Å². The maximum absolute atomic E-state index is 13.6. The van der Waals surface area contributed by atoms with E-state index < -0.39 is 11.3 Å². The van der Waals surface area contributed by atoms with Crippen molar-refractivity contribution in [2.24, 2.45) is 0 Å². The van der Waals surface area contributed by atoms with Crippen molar-refractivity contribution in [2.75, 3.05) is 28.4 Å². The van der Waals surface area contributed by atoms with Crippen LogP contribution in [-0.4, -0.2) is 32.8 Å². The minimum absolute atomic E-state index is 0.193. The number of fused-ring (bicyclic) bond motifs is 5. The minimum atomic E-state index is -0.620. The van der Waals surface area contributed by atoms with Crippen LogP contribution in [0.1, 0.15) is 0 Å². The van der Waals surface area contributed by atoms with Gasteiger partial charge >= 0.3 is 11.3 Å². The van der Waals surface area contributed by atoms with Crippen molar-refractivity contribution in [3.63, 3.8) is 0 Å². The predicted octanol–water partition coefficient (Wildman–Crippen LogP) is 5.52. The molecule has 0 N–H and O–H groups in total. The normalized spacial score (nSPS) is 11.3. The second-order valence-corrected chi connectivity index (χ2v) is 8.75. The van der Waals surface area contributed by atoms with Gasteiger partial charge in [0.05, 0.1) is 34.6 Å². The molecule has 6 aromatic rings. The van der Waals surface area contributed by atoms with E-state index in [-0.39, 0.29) is 22.4 Å². The number of benzene rings is 3. The Bertz CT molecular complexity index is 1980. The summed E-state index contributed by atoms with van der Waals surface area (Å²) in [7, 11) is 6.17. The van der Waals surface area contributed by atoms with Gasteiger partial charge in [-0.15, -0.1) is 0 Å². The van der Waals surface area contributed by atoms with Gasteiger partial charge in [-0.25, -0.2) is 9.59 Å². The van der Waals surface area contributed by atoms with E-state index >= 15 is 0 Å². The Morgan fingerprint density at radius 1 is 0.641 bits per heavy atom. The highest BCUT2D eigenvalue weighted by molar-refractivity contribution is 6.17. The molecule has 0 aliphatic heterocycles. The molecule has 3 aromatic carbocycles. The molecule has 0 saturated carbocycles. The van der Waals surface area contributed by atoms with Gasteiger partial charge in [-0.3, -0.25) is 4.40 Å². The summed E-state index contributed by atoms with van der Waals surface area (Å²) in [5, 5.41) is 1.09. The third-order valence-corrected chi connectivity index (χ3v) is 6.75. The van der Waals surface area contributed by atoms with Gasteiger partial charge in [-0.1, -0.05) is 12.1 Å². The number of nitrogens with zero attached hydrogens (tertiary/aromatic N) is 1. The van der Waals surface area contributed by atoms with Crippen LogP contribution in [-0.2, 0) is 0 Å². The fourth-order valence-corrected chi connectivity index (χ4v) is 4.89. The lowest BCUT2D eigenvalue weighted by Gasteiger charge is -2.10. The maximum atomic E-state index is 13.6. The van der Waals surface area contributed by atoms with Crippen LogP contribution in [0.3, 0.4) is 0 Å². The van der Waals surface area contributed by atoms with Crippen molar-refractivity contribution >= 4 is 27.4 Å². The van der Waals surface area contributed by atoms with Gasteiger partial charge in [0.25, 0.3) is 0 Å². The van der Waals surface area contributed by atoms with Crippen molar-refractivity contribution in [1.82, 2.24) is 4.40 Å². The lowest BCUT2D eigenvalue weighted by Crippen LogP contribution is -2.08. The molecule has 0 bridgehead atoms. The summed E-state index contributed by atoms with van der Waals surface area (Å²) < 4.78 is 34.6. The van der Waals surface area contributed by atoms with Gasteiger partial charge in [0.15, 0.2) is 17.3 Å². The van der Waals surface area contributed by atoms with E-state index in [4.69, 9.17) is 27.8 Å². The first-order chi connectivity index (χ1) is 19.0. The first-order valence-corrected chi connectivity index (χ1v) is 12.0. The van der Waals surface area contributed by atoms with Gasteiger partial charge in [-0.05, 0) is 48.0 Å². The Balaban J connectivity index is 1.79. The molecule has 0 aliphatic carbocycles. The molecule has 0 amide bonds. The number of hydrogen-bond donors (Lipinski definition) is 0. The molecular formula is C30H23NO8. The summed E-state index contributed by atoms with van der Waals surface area (Å²) in [4.78, 5) is 27.2. The zero-order valence-corrected chi connectivity index (χ0v) is 21.6. The highest BCUT2D eigenvalue weighted by atomic mass is 16.5. The van der Waals surface area contributed by atoms with E-state index in [2.05, 4.69) is 0 Å². The number of rotatable bonds is 6. The molecular weight excluding hydrogens is 502 g/mol. The molecule has 39 heavy (non-hydrogen) atoms. The third-order valence-electron chi connectivity index (χ3n) is 6.75. The van der Waals surface area contributed by atoms with Crippen LogP contribution in [0.4, 0.5) is 0 Å². The summed E-state index contributed by atoms with van der Waals surface area (Å²) in [6, 6.07) is 17.6. The number of ether oxygens (including phenoxy) is 4. The van der Waals surface area contributed by atoms with Gasteiger partial charge in [0.1, 0.15) is 28.1 Å². The standard InChI is InChI=1S/C30H23NO8/c1-34-18-9-5-16(6-10-18)24-15-31-27(29(32)39-24)25(17-7-11-19(35-2)12-8-17)26-20-13-22(36-3)23(37-4)14-21(20)38-30(33)28(26)31/h5-15H,1-4H3. The SMILES string of the molecule is COc1ccc(-c2cn3c(c(-c4ccc(OC)cc4)c4c5cc(OC)c(OC)cc5oc(=O)c43)c(=O)o2)cc1. The third kappa shape index (κ3) is 3.78. The van der Waals surface area contributed by atoms with Crippen LogP contribution in [0.25, 0.3) is 49.8 Å². The Labute approximate surface area is 221 Å². The quantitative estimate of drug-likeness (QED) is 0.262. The highest BCUT2D eigenvalue weighted by Gasteiger charge is 2.25. The molecule has 6 rings (SSSR count). The van der Waals surface area contributed by atoms with Crippen LogP contribution in [0.15, 0.2) is 85.3 Å². The highest BCUT2D eigenvalue weighted by Crippen LogP contribution is 2.41. The van der Waals surface area contributed by atoms with Gasteiger partial charge < -0.3 is 27.8 Å². The lowest BCUT2D eigenvalue weighted by atomic mass is 10.0. The molecule has 0 atom stereocenters. The number of aromatic nitrogens is 1. The lowest BCUT2D eigenvalue weighted by molar-refractivity contribution is 0.355. The van der Waals surface area contributed by atoms with E-state index in [1.807, 2.05) is 12.1 Å². The molecule has 9 heteroatoms. The second kappa shape index (κ2) is 9.29. The fraction of sp³-hybridized carbons (Fsp3) is 0.133. The topological polar surface area (TPSA) is 102 Å². The van der Waals surface area contributed by atoms with Crippen LogP contribution in [0, 0.1) is 0 Å². The summed E-state index contributed by atoms with van der Waals surface area (Å²) in [6.07, 6.45) is 1.62. The Kier molecular flexibility index (Phi) is 5.76. The van der Waals surface area contributed by atoms with Crippen molar-refractivity contribution in [1.29, 1.82) is 0 Å². The molecule has 0 unspecified atom stereocenters. The van der Waals surface area contributed by atoms with E-state index in [0.29, 0.717) is 50.5 Å². The molecule has 196 valence electrons. The average Bonchev–Trinajstić information content (AvgIpc) is 3.33. The second-order valence-electron chi connectivity index (χ2n) is 8.75. The van der Waals surface area contributed by atoms with E-state index in [0.717, 1.165) is 0 Å². The number of methoxy groups -OCH3 is 4. The van der Waals surface area contributed by atoms with Gasteiger partial charge in [0.2, 0.25) is 0 Å². The van der Waals surface area contributed by atoms with Crippen LogP contribution >= 0.6 is 0 Å².